The zero-order chi connectivity index (χ0) is 12.1. The van der Waals surface area contributed by atoms with Gasteiger partial charge in [-0.3, -0.25) is 9.97 Å². The zero-order valence-corrected chi connectivity index (χ0v) is 9.58. The molecule has 2 aromatic heterocycles. The Hall–Kier alpha value is -1.94. The summed E-state index contributed by atoms with van der Waals surface area (Å²) in [6, 6.07) is 5.80. The molecule has 2 heterocycles. The lowest BCUT2D eigenvalue weighted by Gasteiger charge is -2.12. The highest BCUT2D eigenvalue weighted by atomic mass is 14.7. The lowest BCUT2D eigenvalue weighted by molar-refractivity contribution is 0.664. The van der Waals surface area contributed by atoms with Gasteiger partial charge in [0, 0.05) is 36.5 Å². The van der Waals surface area contributed by atoms with Crippen molar-refractivity contribution in [1.29, 1.82) is 0 Å². The molecule has 0 aromatic carbocycles. The maximum Gasteiger partial charge on any atom is 0.0378 e. The van der Waals surface area contributed by atoms with Crippen LogP contribution in [0.1, 0.15) is 11.1 Å². The van der Waals surface area contributed by atoms with Crippen LogP contribution in [0.25, 0.3) is 0 Å². The van der Waals surface area contributed by atoms with Gasteiger partial charge in [0.1, 0.15) is 0 Å². The van der Waals surface area contributed by atoms with Crippen LogP contribution in [-0.2, 0) is 12.8 Å². The molecule has 0 fully saturated rings. The number of hydrogen-bond donors (Lipinski definition) is 2. The quantitative estimate of drug-likeness (QED) is 0.823. The highest BCUT2D eigenvalue weighted by molar-refractivity contribution is 5.44. The molecule has 0 amide bonds. The smallest absolute Gasteiger partial charge is 0.0378 e. The highest BCUT2D eigenvalue weighted by Gasteiger charge is 2.07. The van der Waals surface area contributed by atoms with Gasteiger partial charge in [-0.2, -0.15) is 0 Å². The average Bonchev–Trinajstić information content (AvgIpc) is 2.33. The fourth-order valence-electron chi connectivity index (χ4n) is 1.78. The summed E-state index contributed by atoms with van der Waals surface area (Å²) in [5, 5.41) is 0. The third-order valence-electron chi connectivity index (χ3n) is 2.67. The van der Waals surface area contributed by atoms with Gasteiger partial charge < -0.3 is 11.5 Å². The summed E-state index contributed by atoms with van der Waals surface area (Å²) in [5.74, 6) is 0. The van der Waals surface area contributed by atoms with Crippen LogP contribution in [0.5, 0.6) is 0 Å². The van der Waals surface area contributed by atoms with E-state index in [0.29, 0.717) is 0 Å². The Kier molecular flexibility index (Phi) is 3.67. The maximum atomic E-state index is 6.10. The van der Waals surface area contributed by atoms with Crippen LogP contribution in [0.2, 0.25) is 0 Å². The molecule has 0 saturated heterocycles. The van der Waals surface area contributed by atoms with Crippen molar-refractivity contribution >= 4 is 5.69 Å². The maximum absolute atomic E-state index is 6.10. The lowest BCUT2D eigenvalue weighted by atomic mass is 10.0. The van der Waals surface area contributed by atoms with Crippen LogP contribution in [0, 0.1) is 0 Å². The minimum absolute atomic E-state index is 0.0453. The monoisotopic (exact) mass is 228 g/mol. The molecular weight excluding hydrogens is 212 g/mol. The van der Waals surface area contributed by atoms with Crippen LogP contribution >= 0.6 is 0 Å². The molecule has 4 N–H and O–H groups in total. The van der Waals surface area contributed by atoms with E-state index in [1.165, 1.54) is 5.56 Å². The predicted molar refractivity (Wildman–Crippen MR) is 68.3 cm³/mol. The Morgan fingerprint density at radius 1 is 1.00 bits per heavy atom. The zero-order valence-electron chi connectivity index (χ0n) is 9.58. The summed E-state index contributed by atoms with van der Waals surface area (Å²) in [6.45, 7) is 0. The Bertz CT molecular complexity index is 470. The van der Waals surface area contributed by atoms with E-state index in [-0.39, 0.29) is 6.04 Å². The van der Waals surface area contributed by atoms with Crippen molar-refractivity contribution < 1.29 is 0 Å². The molecule has 2 aromatic rings. The number of aromatic nitrogens is 2. The largest absolute Gasteiger partial charge is 0.398 e. The van der Waals surface area contributed by atoms with E-state index < -0.39 is 0 Å². The first-order valence-electron chi connectivity index (χ1n) is 5.58. The fraction of sp³-hybridized carbons (Fsp3) is 0.231. The van der Waals surface area contributed by atoms with Gasteiger partial charge in [0.25, 0.3) is 0 Å². The van der Waals surface area contributed by atoms with Crippen molar-refractivity contribution in [3.05, 3.63) is 54.1 Å². The predicted octanol–water partition coefficient (Wildman–Crippen LogP) is 1.17. The number of hydrogen-bond acceptors (Lipinski definition) is 4. The van der Waals surface area contributed by atoms with Gasteiger partial charge in [0.05, 0.1) is 0 Å². The second-order valence-corrected chi connectivity index (χ2v) is 4.10. The van der Waals surface area contributed by atoms with Gasteiger partial charge in [-0.25, -0.2) is 0 Å². The van der Waals surface area contributed by atoms with Gasteiger partial charge in [0.2, 0.25) is 0 Å². The van der Waals surface area contributed by atoms with Crippen molar-refractivity contribution in [3.8, 4) is 0 Å². The molecule has 88 valence electrons. The molecule has 4 nitrogen and oxygen atoms in total. The van der Waals surface area contributed by atoms with Crippen LogP contribution in [0.4, 0.5) is 5.69 Å². The summed E-state index contributed by atoms with van der Waals surface area (Å²) < 4.78 is 0. The molecule has 0 aliphatic carbocycles. The van der Waals surface area contributed by atoms with E-state index in [4.69, 9.17) is 11.5 Å². The van der Waals surface area contributed by atoms with E-state index in [9.17, 15) is 0 Å². The summed E-state index contributed by atoms with van der Waals surface area (Å²) in [7, 11) is 0. The Morgan fingerprint density at radius 2 is 1.71 bits per heavy atom. The van der Waals surface area contributed by atoms with Crippen LogP contribution < -0.4 is 11.5 Å². The summed E-state index contributed by atoms with van der Waals surface area (Å²) in [6.07, 6.45) is 8.58. The van der Waals surface area contributed by atoms with Crippen LogP contribution in [-0.4, -0.2) is 16.0 Å². The van der Waals surface area contributed by atoms with Crippen molar-refractivity contribution in [3.63, 3.8) is 0 Å². The Labute approximate surface area is 101 Å². The van der Waals surface area contributed by atoms with Crippen molar-refractivity contribution in [2.75, 3.05) is 5.73 Å². The molecule has 4 heteroatoms. The number of anilines is 1. The molecule has 1 unspecified atom stereocenters. The second kappa shape index (κ2) is 5.41. The van der Waals surface area contributed by atoms with Gasteiger partial charge in [-0.05, 0) is 42.2 Å². The third kappa shape index (κ3) is 3.26. The van der Waals surface area contributed by atoms with Crippen molar-refractivity contribution in [1.82, 2.24) is 9.97 Å². The molecular formula is C13H16N4. The highest BCUT2D eigenvalue weighted by Crippen LogP contribution is 2.12. The van der Waals surface area contributed by atoms with Crippen LogP contribution in [0.3, 0.4) is 0 Å². The van der Waals surface area contributed by atoms with E-state index in [1.807, 2.05) is 12.1 Å². The minimum atomic E-state index is 0.0453. The van der Waals surface area contributed by atoms with E-state index in [2.05, 4.69) is 9.97 Å². The number of pyridine rings is 2. The van der Waals surface area contributed by atoms with Gasteiger partial charge in [0.15, 0.2) is 0 Å². The molecule has 0 saturated carbocycles. The topological polar surface area (TPSA) is 77.8 Å². The number of rotatable bonds is 4. The Balaban J connectivity index is 1.98. The average molecular weight is 228 g/mol. The number of nitrogens with two attached hydrogens (primary N) is 2. The molecule has 0 bridgehead atoms. The van der Waals surface area contributed by atoms with E-state index >= 15 is 0 Å². The first-order valence-corrected chi connectivity index (χ1v) is 5.58. The van der Waals surface area contributed by atoms with Crippen molar-refractivity contribution in [2.24, 2.45) is 5.73 Å². The van der Waals surface area contributed by atoms with Crippen LogP contribution in [0.15, 0.2) is 43.0 Å². The van der Waals surface area contributed by atoms with E-state index in [0.717, 1.165) is 24.1 Å². The lowest BCUT2D eigenvalue weighted by Crippen LogP contribution is -2.26. The second-order valence-electron chi connectivity index (χ2n) is 4.10. The minimum Gasteiger partial charge on any atom is -0.398 e. The fourth-order valence-corrected chi connectivity index (χ4v) is 1.78. The van der Waals surface area contributed by atoms with Gasteiger partial charge in [-0.1, -0.05) is 0 Å². The molecule has 1 atom stereocenters. The molecule has 0 spiro atoms. The van der Waals surface area contributed by atoms with Crippen molar-refractivity contribution in [2.45, 2.75) is 18.9 Å². The first-order chi connectivity index (χ1) is 8.25. The first kappa shape index (κ1) is 11.5. The normalized spacial score (nSPS) is 12.3. The van der Waals surface area contributed by atoms with Gasteiger partial charge >= 0.3 is 0 Å². The SMILES string of the molecule is Nc1ccncc1CC(N)Cc1ccncc1. The van der Waals surface area contributed by atoms with Gasteiger partial charge in [-0.15, -0.1) is 0 Å². The molecule has 0 aliphatic heterocycles. The summed E-state index contributed by atoms with van der Waals surface area (Å²) in [5.41, 5.74) is 14.9. The summed E-state index contributed by atoms with van der Waals surface area (Å²) >= 11 is 0. The molecule has 17 heavy (non-hydrogen) atoms. The molecule has 0 aliphatic rings. The standard InChI is InChI=1S/C13H16N4/c14-12(7-10-1-4-16-5-2-10)8-11-9-17-6-3-13(11)15/h1-6,9,12H,7-8,14H2,(H2,15,17). The number of nitrogens with zero attached hydrogens (tertiary/aromatic N) is 2. The molecule has 0 radical (unpaired) electrons. The van der Waals surface area contributed by atoms with E-state index in [1.54, 1.807) is 30.9 Å². The number of nitrogen functional groups attached to an aromatic ring is 1. The molecule has 2 rings (SSSR count). The summed E-state index contributed by atoms with van der Waals surface area (Å²) in [4.78, 5) is 8.04. The Morgan fingerprint density at radius 3 is 2.41 bits per heavy atom. The third-order valence-corrected chi connectivity index (χ3v) is 2.67.